The zero-order valence-electron chi connectivity index (χ0n) is 12.1. The van der Waals surface area contributed by atoms with Crippen LogP contribution in [0.3, 0.4) is 0 Å². The van der Waals surface area contributed by atoms with Gasteiger partial charge in [-0.15, -0.1) is 0 Å². The summed E-state index contributed by atoms with van der Waals surface area (Å²) in [7, 11) is 8.13. The van der Waals surface area contributed by atoms with E-state index >= 15 is 0 Å². The van der Waals surface area contributed by atoms with Gasteiger partial charge >= 0.3 is 5.97 Å². The highest BCUT2D eigenvalue weighted by Gasteiger charge is 2.43. The van der Waals surface area contributed by atoms with E-state index in [4.69, 9.17) is 12.6 Å². The van der Waals surface area contributed by atoms with Crippen LogP contribution in [-0.2, 0) is 22.4 Å². The van der Waals surface area contributed by atoms with Gasteiger partial charge in [0.25, 0.3) is 0 Å². The fraction of sp³-hybridized carbons (Fsp3) is 0.467. The van der Waals surface area contributed by atoms with Gasteiger partial charge in [-0.25, -0.2) is 0 Å². The Balaban J connectivity index is 2.35. The van der Waals surface area contributed by atoms with Crippen molar-refractivity contribution in [3.8, 4) is 0 Å². The summed E-state index contributed by atoms with van der Waals surface area (Å²) in [5.41, 5.74) is 2.09. The average molecular weight is 303 g/mol. The van der Waals surface area contributed by atoms with Crippen LogP contribution in [0.5, 0.6) is 0 Å². The van der Waals surface area contributed by atoms with Crippen molar-refractivity contribution in [2.75, 3.05) is 13.7 Å². The van der Waals surface area contributed by atoms with Crippen LogP contribution in [-0.4, -0.2) is 50.3 Å². The molecule has 21 heavy (non-hydrogen) atoms. The van der Waals surface area contributed by atoms with Gasteiger partial charge in [-0.2, -0.15) is 0 Å². The molecule has 0 fully saturated rings. The molecule has 2 rings (SSSR count). The Hall–Kier alpha value is -1.16. The molecule has 110 valence electrons. The lowest BCUT2D eigenvalue weighted by Crippen LogP contribution is -2.59. The molecule has 2 atom stereocenters. The molecule has 6 heteroatoms. The largest absolute Gasteiger partial charge is 0.468 e. The van der Waals surface area contributed by atoms with Gasteiger partial charge in [0.05, 0.1) is 19.5 Å². The van der Waals surface area contributed by atoms with E-state index in [0.717, 1.165) is 24.8 Å². The fourth-order valence-electron chi connectivity index (χ4n) is 2.90. The van der Waals surface area contributed by atoms with Crippen molar-refractivity contribution in [3.63, 3.8) is 0 Å². The van der Waals surface area contributed by atoms with E-state index in [9.17, 15) is 9.90 Å². The Morgan fingerprint density at radius 1 is 1.67 bits per heavy atom. The number of aliphatic hydroxyl groups is 1. The highest BCUT2D eigenvalue weighted by atomic mass is 31.1. The topological polar surface area (TPSA) is 58.6 Å². The van der Waals surface area contributed by atoms with Crippen LogP contribution < -0.4 is 10.8 Å². The van der Waals surface area contributed by atoms with Crippen molar-refractivity contribution in [1.29, 1.82) is 0 Å². The SMILES string of the molecule is [B]c1cccc2c1CCC(NC(CO)P=C)(C(=O)OC)C2. The number of nitrogens with one attached hydrogen (secondary N) is 1. The predicted octanol–water partition coefficient (Wildman–Crippen LogP) is 0.167. The first-order valence-electron chi connectivity index (χ1n) is 6.85. The normalized spacial score (nSPS) is 22.6. The first kappa shape index (κ1) is 16.2. The maximum absolute atomic E-state index is 12.3. The van der Waals surface area contributed by atoms with E-state index in [1.165, 1.54) is 7.11 Å². The molecule has 1 aliphatic rings. The Kier molecular flexibility index (Phi) is 5.20. The summed E-state index contributed by atoms with van der Waals surface area (Å²) in [6.45, 7) is -0.0758. The van der Waals surface area contributed by atoms with Crippen LogP contribution >= 0.6 is 8.20 Å². The maximum atomic E-state index is 12.3. The number of esters is 1. The summed E-state index contributed by atoms with van der Waals surface area (Å²) in [5, 5.41) is 12.6. The zero-order valence-corrected chi connectivity index (χ0v) is 13.0. The molecule has 0 spiro atoms. The number of benzene rings is 1. The van der Waals surface area contributed by atoms with Crippen LogP contribution in [0.15, 0.2) is 18.2 Å². The lowest BCUT2D eigenvalue weighted by Gasteiger charge is -2.38. The van der Waals surface area contributed by atoms with Crippen LogP contribution in [0.25, 0.3) is 0 Å². The first-order valence-corrected chi connectivity index (χ1v) is 8.00. The van der Waals surface area contributed by atoms with E-state index in [2.05, 4.69) is 11.6 Å². The third kappa shape index (κ3) is 3.21. The van der Waals surface area contributed by atoms with E-state index in [0.29, 0.717) is 19.3 Å². The highest BCUT2D eigenvalue weighted by molar-refractivity contribution is 7.37. The van der Waals surface area contributed by atoms with E-state index in [1.54, 1.807) is 0 Å². The molecule has 2 unspecified atom stereocenters. The van der Waals surface area contributed by atoms with Gasteiger partial charge in [0.2, 0.25) is 0 Å². The summed E-state index contributed by atoms with van der Waals surface area (Å²) in [4.78, 5) is 12.3. The second-order valence-corrected chi connectivity index (χ2v) is 6.25. The van der Waals surface area contributed by atoms with Gasteiger partial charge in [0.1, 0.15) is 13.4 Å². The first-order chi connectivity index (χ1) is 10.1. The summed E-state index contributed by atoms with van der Waals surface area (Å²) in [6, 6.07) is 5.76. The molecular weight excluding hydrogens is 284 g/mol. The molecule has 2 radical (unpaired) electrons. The number of carbonyl (C=O) groups is 1. The Bertz CT molecular complexity index is 552. The van der Waals surface area contributed by atoms with Gasteiger partial charge in [-0.05, 0) is 18.4 Å². The lowest BCUT2D eigenvalue weighted by atomic mass is 9.73. The minimum atomic E-state index is -0.826. The standard InChI is InChI=1S/C15H19BNO3P/c1-20-14(19)15(17-13(9-18)21-2)7-6-11-10(8-15)4-3-5-12(11)16/h3-5,13,17-18H,2,6-9H2,1H3. The van der Waals surface area contributed by atoms with Gasteiger partial charge in [-0.1, -0.05) is 43.7 Å². The third-order valence-electron chi connectivity index (χ3n) is 4.02. The minimum Gasteiger partial charge on any atom is -0.468 e. The second-order valence-electron chi connectivity index (χ2n) is 5.26. The molecule has 1 aliphatic carbocycles. The second kappa shape index (κ2) is 6.74. The number of carbonyl (C=O) groups excluding carboxylic acids is 1. The Morgan fingerprint density at radius 3 is 3.05 bits per heavy atom. The molecule has 0 aliphatic heterocycles. The number of hydrogen-bond donors (Lipinski definition) is 2. The predicted molar refractivity (Wildman–Crippen MR) is 86.7 cm³/mol. The number of hydrogen-bond acceptors (Lipinski definition) is 4. The number of rotatable bonds is 5. The summed E-state index contributed by atoms with van der Waals surface area (Å²) in [5.74, 6) is -0.565. The minimum absolute atomic E-state index is 0.0758. The average Bonchev–Trinajstić information content (AvgIpc) is 2.51. The number of aliphatic hydroxyl groups excluding tert-OH is 1. The van der Waals surface area contributed by atoms with E-state index in [1.807, 2.05) is 18.2 Å². The van der Waals surface area contributed by atoms with Crippen LogP contribution in [0.1, 0.15) is 17.5 Å². The van der Waals surface area contributed by atoms with Crippen LogP contribution in [0.4, 0.5) is 0 Å². The molecule has 0 aromatic heterocycles. The van der Waals surface area contributed by atoms with Gasteiger partial charge in [-0.3, -0.25) is 10.1 Å². The van der Waals surface area contributed by atoms with Crippen molar-refractivity contribution in [3.05, 3.63) is 29.3 Å². The fourth-order valence-corrected chi connectivity index (χ4v) is 3.35. The molecule has 0 saturated heterocycles. The van der Waals surface area contributed by atoms with Crippen molar-refractivity contribution < 1.29 is 14.6 Å². The number of methoxy groups -OCH3 is 1. The molecular formula is C15H19BNO3P. The lowest BCUT2D eigenvalue weighted by molar-refractivity contribution is -0.149. The smallest absolute Gasteiger partial charge is 0.326 e. The maximum Gasteiger partial charge on any atom is 0.326 e. The molecule has 1 aromatic carbocycles. The highest BCUT2D eigenvalue weighted by Crippen LogP contribution is 2.30. The zero-order chi connectivity index (χ0) is 15.5. The third-order valence-corrected chi connectivity index (χ3v) is 4.75. The van der Waals surface area contributed by atoms with Gasteiger partial charge in [0.15, 0.2) is 0 Å². The van der Waals surface area contributed by atoms with E-state index < -0.39 is 5.54 Å². The summed E-state index contributed by atoms with van der Waals surface area (Å²) in [6.07, 6.45) is 5.58. The Labute approximate surface area is 128 Å². The van der Waals surface area contributed by atoms with Crippen molar-refractivity contribution in [2.24, 2.45) is 0 Å². The van der Waals surface area contributed by atoms with E-state index in [-0.39, 0.29) is 18.4 Å². The molecule has 0 bridgehead atoms. The summed E-state index contributed by atoms with van der Waals surface area (Å²) < 4.78 is 4.99. The number of fused-ring (bicyclic) bond motifs is 1. The molecule has 0 heterocycles. The summed E-state index contributed by atoms with van der Waals surface area (Å²) >= 11 is 0. The van der Waals surface area contributed by atoms with Gasteiger partial charge < -0.3 is 9.84 Å². The van der Waals surface area contributed by atoms with Crippen LogP contribution in [0.2, 0.25) is 0 Å². The molecule has 1 aromatic rings. The molecule has 0 amide bonds. The number of ether oxygens (including phenoxy) is 1. The monoisotopic (exact) mass is 303 g/mol. The Morgan fingerprint density at radius 2 is 2.43 bits per heavy atom. The molecule has 2 N–H and O–H groups in total. The van der Waals surface area contributed by atoms with Gasteiger partial charge in [0, 0.05) is 6.42 Å². The quantitative estimate of drug-likeness (QED) is 0.462. The van der Waals surface area contributed by atoms with Crippen LogP contribution in [0, 0.1) is 0 Å². The molecule has 4 nitrogen and oxygen atoms in total. The van der Waals surface area contributed by atoms with Crippen molar-refractivity contribution in [1.82, 2.24) is 5.32 Å². The molecule has 0 saturated carbocycles. The van der Waals surface area contributed by atoms with Crippen molar-refractivity contribution in [2.45, 2.75) is 30.6 Å². The van der Waals surface area contributed by atoms with Crippen molar-refractivity contribution >= 4 is 33.8 Å².